The van der Waals surface area contributed by atoms with Crippen molar-refractivity contribution in [3.05, 3.63) is 69.2 Å². The molecule has 2 rings (SSSR count). The normalized spacial score (nSPS) is 10.5. The Morgan fingerprint density at radius 2 is 1.63 bits per heavy atom. The van der Waals surface area contributed by atoms with E-state index < -0.39 is 0 Å². The molecule has 0 spiro atoms. The highest BCUT2D eigenvalue weighted by Crippen LogP contribution is 2.16. The largest absolute Gasteiger partial charge is 0.299 e. The molecule has 0 saturated carbocycles. The molecule has 0 aliphatic heterocycles. The Hall–Kier alpha value is -1.41. The molecular weight excluding hydrogens is 300 g/mol. The fraction of sp³-hybridized carbons (Fsp3) is 0.235. The van der Waals surface area contributed by atoms with Crippen molar-refractivity contribution in [1.82, 2.24) is 0 Å². The van der Waals surface area contributed by atoms with Gasteiger partial charge in [0.25, 0.3) is 0 Å². The summed E-state index contributed by atoms with van der Waals surface area (Å²) in [7, 11) is 0. The molecular formula is C17H17BrO. The van der Waals surface area contributed by atoms with Crippen LogP contribution in [0.3, 0.4) is 0 Å². The third-order valence-electron chi connectivity index (χ3n) is 3.31. The SMILES string of the molecule is Cc1cccc(C)c1CC(=O)Cc1cccc(Br)c1. The van der Waals surface area contributed by atoms with Crippen LogP contribution in [0.5, 0.6) is 0 Å². The van der Waals surface area contributed by atoms with Gasteiger partial charge in [0.1, 0.15) is 5.78 Å². The summed E-state index contributed by atoms with van der Waals surface area (Å²) in [4.78, 5) is 12.2. The van der Waals surface area contributed by atoms with Crippen LogP contribution in [0.4, 0.5) is 0 Å². The topological polar surface area (TPSA) is 17.1 Å². The monoisotopic (exact) mass is 316 g/mol. The molecule has 0 aliphatic rings. The van der Waals surface area contributed by atoms with Crippen LogP contribution in [0.2, 0.25) is 0 Å². The predicted molar refractivity (Wildman–Crippen MR) is 82.5 cm³/mol. The number of hydrogen-bond acceptors (Lipinski definition) is 1. The summed E-state index contributed by atoms with van der Waals surface area (Å²) in [5, 5.41) is 0. The van der Waals surface area contributed by atoms with E-state index in [0.29, 0.717) is 12.8 Å². The summed E-state index contributed by atoms with van der Waals surface area (Å²) in [6.45, 7) is 4.13. The minimum absolute atomic E-state index is 0.260. The van der Waals surface area contributed by atoms with E-state index in [2.05, 4.69) is 41.9 Å². The van der Waals surface area contributed by atoms with Gasteiger partial charge in [-0.3, -0.25) is 4.79 Å². The second-order valence-electron chi connectivity index (χ2n) is 4.89. The molecule has 0 saturated heterocycles. The highest BCUT2D eigenvalue weighted by Gasteiger charge is 2.09. The second kappa shape index (κ2) is 6.16. The molecule has 0 aliphatic carbocycles. The van der Waals surface area contributed by atoms with E-state index in [9.17, 15) is 4.79 Å². The van der Waals surface area contributed by atoms with E-state index in [1.54, 1.807) is 0 Å². The molecule has 1 nitrogen and oxygen atoms in total. The van der Waals surface area contributed by atoms with Gasteiger partial charge in [0.2, 0.25) is 0 Å². The highest BCUT2D eigenvalue weighted by molar-refractivity contribution is 9.10. The van der Waals surface area contributed by atoms with Crippen LogP contribution in [0.1, 0.15) is 22.3 Å². The maximum Gasteiger partial charge on any atom is 0.141 e. The number of carbonyl (C=O) groups is 1. The molecule has 2 heteroatoms. The number of aryl methyl sites for hydroxylation is 2. The Morgan fingerprint density at radius 3 is 2.26 bits per heavy atom. The fourth-order valence-electron chi connectivity index (χ4n) is 2.26. The van der Waals surface area contributed by atoms with E-state index in [1.165, 1.54) is 16.7 Å². The molecule has 0 amide bonds. The van der Waals surface area contributed by atoms with Gasteiger partial charge in [0, 0.05) is 17.3 Å². The molecule has 2 aromatic rings. The van der Waals surface area contributed by atoms with Crippen LogP contribution in [0.25, 0.3) is 0 Å². The lowest BCUT2D eigenvalue weighted by atomic mass is 9.96. The lowest BCUT2D eigenvalue weighted by Crippen LogP contribution is -2.09. The van der Waals surface area contributed by atoms with Gasteiger partial charge in [-0.1, -0.05) is 46.3 Å². The Morgan fingerprint density at radius 1 is 1.00 bits per heavy atom. The molecule has 0 fully saturated rings. The van der Waals surface area contributed by atoms with E-state index in [1.807, 2.05) is 30.3 Å². The van der Waals surface area contributed by atoms with Crippen molar-refractivity contribution < 1.29 is 4.79 Å². The quantitative estimate of drug-likeness (QED) is 0.816. The minimum atomic E-state index is 0.260. The summed E-state index contributed by atoms with van der Waals surface area (Å²) >= 11 is 3.43. The lowest BCUT2D eigenvalue weighted by molar-refractivity contribution is -0.117. The summed E-state index contributed by atoms with van der Waals surface area (Å²) in [5.41, 5.74) is 4.62. The van der Waals surface area contributed by atoms with Crippen molar-refractivity contribution in [2.24, 2.45) is 0 Å². The summed E-state index contributed by atoms with van der Waals surface area (Å²) in [5.74, 6) is 0.260. The molecule has 0 aromatic heterocycles. The molecule has 19 heavy (non-hydrogen) atoms. The zero-order valence-corrected chi connectivity index (χ0v) is 12.8. The number of benzene rings is 2. The van der Waals surface area contributed by atoms with Crippen LogP contribution >= 0.6 is 15.9 Å². The van der Waals surface area contributed by atoms with Gasteiger partial charge in [-0.2, -0.15) is 0 Å². The molecule has 0 N–H and O–H groups in total. The number of rotatable bonds is 4. The average molecular weight is 317 g/mol. The molecule has 0 radical (unpaired) electrons. The van der Waals surface area contributed by atoms with Crippen molar-refractivity contribution in [3.63, 3.8) is 0 Å². The smallest absolute Gasteiger partial charge is 0.141 e. The average Bonchev–Trinajstić information content (AvgIpc) is 2.34. The number of carbonyl (C=O) groups excluding carboxylic acids is 1. The van der Waals surface area contributed by atoms with E-state index in [-0.39, 0.29) is 5.78 Å². The first-order valence-corrected chi connectivity index (χ1v) is 7.17. The first-order valence-electron chi connectivity index (χ1n) is 6.37. The Balaban J connectivity index is 2.10. The van der Waals surface area contributed by atoms with Gasteiger partial charge in [0.05, 0.1) is 0 Å². The molecule has 0 atom stereocenters. The predicted octanol–water partition coefficient (Wildman–Crippen LogP) is 4.42. The third kappa shape index (κ3) is 3.77. The molecule has 0 heterocycles. The van der Waals surface area contributed by atoms with Crippen molar-refractivity contribution in [3.8, 4) is 0 Å². The molecule has 98 valence electrons. The van der Waals surface area contributed by atoms with Crippen LogP contribution in [-0.2, 0) is 17.6 Å². The maximum atomic E-state index is 12.2. The van der Waals surface area contributed by atoms with Gasteiger partial charge in [-0.05, 0) is 48.2 Å². The molecule has 2 aromatic carbocycles. The van der Waals surface area contributed by atoms with Crippen LogP contribution < -0.4 is 0 Å². The summed E-state index contributed by atoms with van der Waals surface area (Å²) in [6.07, 6.45) is 1.01. The van der Waals surface area contributed by atoms with Gasteiger partial charge >= 0.3 is 0 Å². The number of ketones is 1. The summed E-state index contributed by atoms with van der Waals surface area (Å²) in [6, 6.07) is 14.1. The van der Waals surface area contributed by atoms with E-state index >= 15 is 0 Å². The van der Waals surface area contributed by atoms with Crippen molar-refractivity contribution in [1.29, 1.82) is 0 Å². The van der Waals surface area contributed by atoms with Crippen LogP contribution in [0, 0.1) is 13.8 Å². The lowest BCUT2D eigenvalue weighted by Gasteiger charge is -2.09. The first-order chi connectivity index (χ1) is 9.06. The van der Waals surface area contributed by atoms with E-state index in [4.69, 9.17) is 0 Å². The van der Waals surface area contributed by atoms with Gasteiger partial charge < -0.3 is 0 Å². The van der Waals surface area contributed by atoms with Gasteiger partial charge in [0.15, 0.2) is 0 Å². The first kappa shape index (κ1) is 14.0. The zero-order valence-electron chi connectivity index (χ0n) is 11.2. The van der Waals surface area contributed by atoms with Gasteiger partial charge in [-0.15, -0.1) is 0 Å². The molecule has 0 bridgehead atoms. The summed E-state index contributed by atoms with van der Waals surface area (Å²) < 4.78 is 1.02. The Kier molecular flexibility index (Phi) is 4.54. The van der Waals surface area contributed by atoms with Crippen LogP contribution in [0.15, 0.2) is 46.9 Å². The maximum absolute atomic E-state index is 12.2. The van der Waals surface area contributed by atoms with Gasteiger partial charge in [-0.25, -0.2) is 0 Å². The number of Topliss-reactive ketones (excluding diaryl/α,β-unsaturated/α-hetero) is 1. The number of hydrogen-bond donors (Lipinski definition) is 0. The highest BCUT2D eigenvalue weighted by atomic mass is 79.9. The molecule has 0 unspecified atom stereocenters. The Labute approximate surface area is 122 Å². The third-order valence-corrected chi connectivity index (χ3v) is 3.80. The second-order valence-corrected chi connectivity index (χ2v) is 5.81. The van der Waals surface area contributed by atoms with Crippen molar-refractivity contribution >= 4 is 21.7 Å². The standard InChI is InChI=1S/C17H17BrO/c1-12-5-3-6-13(2)17(12)11-16(19)10-14-7-4-8-15(18)9-14/h3-9H,10-11H2,1-2H3. The van der Waals surface area contributed by atoms with Crippen molar-refractivity contribution in [2.75, 3.05) is 0 Å². The Bertz CT molecular complexity index is 582. The van der Waals surface area contributed by atoms with Crippen molar-refractivity contribution in [2.45, 2.75) is 26.7 Å². The number of halogens is 1. The fourth-order valence-corrected chi connectivity index (χ4v) is 2.71. The van der Waals surface area contributed by atoms with Crippen LogP contribution in [-0.4, -0.2) is 5.78 Å². The minimum Gasteiger partial charge on any atom is -0.299 e. The van der Waals surface area contributed by atoms with E-state index in [0.717, 1.165) is 10.0 Å². The zero-order chi connectivity index (χ0) is 13.8.